The molecule has 0 bridgehead atoms. The number of nitrogens with one attached hydrogen (secondary N) is 1. The highest BCUT2D eigenvalue weighted by Crippen LogP contribution is 2.44. The highest BCUT2D eigenvalue weighted by atomic mass is 32.1. The van der Waals surface area contributed by atoms with Crippen LogP contribution in [0.25, 0.3) is 0 Å². The van der Waals surface area contributed by atoms with Gasteiger partial charge in [-0.25, -0.2) is 0 Å². The summed E-state index contributed by atoms with van der Waals surface area (Å²) in [6.07, 6.45) is 0.901. The molecule has 2 aliphatic rings. The molecule has 2 atom stereocenters. The molecule has 1 aromatic heterocycles. The summed E-state index contributed by atoms with van der Waals surface area (Å²) in [5.41, 5.74) is 1.48. The number of amides is 2. The van der Waals surface area contributed by atoms with Gasteiger partial charge in [-0.3, -0.25) is 14.5 Å². The fraction of sp³-hybridized carbons (Fsp3) is 0.520. The molecule has 0 aliphatic carbocycles. The minimum atomic E-state index is -0.412. The Morgan fingerprint density at radius 3 is 2.69 bits per heavy atom. The van der Waals surface area contributed by atoms with Crippen LogP contribution in [0.2, 0.25) is 0 Å². The molecule has 2 aliphatic heterocycles. The van der Waals surface area contributed by atoms with Gasteiger partial charge in [0.05, 0.1) is 25.2 Å². The third-order valence-corrected chi connectivity index (χ3v) is 7.11. The molecular weight excluding hydrogens is 422 g/mol. The van der Waals surface area contributed by atoms with Crippen LogP contribution in [0.3, 0.4) is 0 Å². The van der Waals surface area contributed by atoms with E-state index in [-0.39, 0.29) is 17.9 Å². The van der Waals surface area contributed by atoms with Gasteiger partial charge in [0.25, 0.3) is 5.91 Å². The highest BCUT2D eigenvalue weighted by molar-refractivity contribution is 7.10. The van der Waals surface area contributed by atoms with Crippen LogP contribution in [0.4, 0.5) is 0 Å². The molecule has 1 aromatic carbocycles. The van der Waals surface area contributed by atoms with Crippen LogP contribution in [0.5, 0.6) is 0 Å². The minimum Gasteiger partial charge on any atom is -0.379 e. The maximum atomic E-state index is 13.6. The van der Waals surface area contributed by atoms with E-state index in [1.807, 2.05) is 46.7 Å². The lowest BCUT2D eigenvalue weighted by Crippen LogP contribution is -2.48. The van der Waals surface area contributed by atoms with Crippen LogP contribution in [-0.4, -0.2) is 67.6 Å². The van der Waals surface area contributed by atoms with Crippen molar-refractivity contribution in [1.29, 1.82) is 0 Å². The summed E-state index contributed by atoms with van der Waals surface area (Å²) in [5.74, 6) is -0.0863. The summed E-state index contributed by atoms with van der Waals surface area (Å²) in [5, 5.41) is 5.20. The molecule has 7 heteroatoms. The summed E-state index contributed by atoms with van der Waals surface area (Å²) in [6, 6.07) is 11.4. The molecule has 2 aromatic rings. The molecule has 0 spiro atoms. The normalized spacial score (nSPS) is 21.6. The fourth-order valence-electron chi connectivity index (χ4n) is 4.69. The molecule has 172 valence electrons. The van der Waals surface area contributed by atoms with Gasteiger partial charge >= 0.3 is 0 Å². The number of nitrogens with zero attached hydrogens (tertiary/aromatic N) is 2. The molecule has 1 fully saturated rings. The van der Waals surface area contributed by atoms with Crippen LogP contribution in [0, 0.1) is 5.92 Å². The van der Waals surface area contributed by atoms with E-state index in [1.54, 1.807) is 11.3 Å². The lowest BCUT2D eigenvalue weighted by atomic mass is 9.81. The zero-order valence-corrected chi connectivity index (χ0v) is 19.8. The Morgan fingerprint density at radius 2 is 1.97 bits per heavy atom. The number of hydrogen-bond donors (Lipinski definition) is 1. The second-order valence-corrected chi connectivity index (χ2v) is 9.95. The van der Waals surface area contributed by atoms with Gasteiger partial charge in [0.1, 0.15) is 0 Å². The number of carbonyl (C=O) groups is 2. The van der Waals surface area contributed by atoms with E-state index < -0.39 is 5.92 Å². The Bertz CT molecular complexity index is 909. The van der Waals surface area contributed by atoms with E-state index in [4.69, 9.17) is 4.74 Å². The van der Waals surface area contributed by atoms with Gasteiger partial charge in [-0.05, 0) is 42.0 Å². The number of thiophene rings is 1. The first-order chi connectivity index (χ1) is 15.6. The van der Waals surface area contributed by atoms with E-state index in [0.717, 1.165) is 49.7 Å². The summed E-state index contributed by atoms with van der Waals surface area (Å²) < 4.78 is 5.41. The summed E-state index contributed by atoms with van der Waals surface area (Å²) in [7, 11) is 0. The maximum absolute atomic E-state index is 13.6. The Morgan fingerprint density at radius 1 is 1.19 bits per heavy atom. The number of fused-ring (bicyclic) bond motifs is 1. The minimum absolute atomic E-state index is 0.000849. The largest absolute Gasteiger partial charge is 0.379 e. The zero-order chi connectivity index (χ0) is 22.5. The monoisotopic (exact) mass is 455 g/mol. The lowest BCUT2D eigenvalue weighted by molar-refractivity contribution is -0.124. The zero-order valence-electron chi connectivity index (χ0n) is 19.0. The van der Waals surface area contributed by atoms with Crippen molar-refractivity contribution in [3.05, 3.63) is 57.8 Å². The Labute approximate surface area is 194 Å². The van der Waals surface area contributed by atoms with Gasteiger partial charge in [0.15, 0.2) is 0 Å². The predicted molar refractivity (Wildman–Crippen MR) is 127 cm³/mol. The van der Waals surface area contributed by atoms with Crippen molar-refractivity contribution in [2.75, 3.05) is 45.9 Å². The standard InChI is InChI=1S/C25H33N3O3S/c1-18(2)17-28-23(21-9-5-16-32-21)22(19-7-3-4-8-20(19)25(28)30)24(29)26-10-6-11-27-12-14-31-15-13-27/h3-5,7-9,16,18,22-23H,6,10-15,17H2,1-2H3,(H,26,29)/t22-,23-/m0/s1. The average molecular weight is 456 g/mol. The van der Waals surface area contributed by atoms with Crippen LogP contribution in [0.15, 0.2) is 41.8 Å². The number of benzene rings is 1. The molecule has 1 saturated heterocycles. The third-order valence-electron chi connectivity index (χ3n) is 6.17. The molecule has 2 amide bonds. The Balaban J connectivity index is 1.55. The first-order valence-corrected chi connectivity index (χ1v) is 12.5. The lowest BCUT2D eigenvalue weighted by Gasteiger charge is -2.42. The molecule has 0 saturated carbocycles. The van der Waals surface area contributed by atoms with E-state index in [1.165, 1.54) is 0 Å². The first-order valence-electron chi connectivity index (χ1n) is 11.6. The molecule has 0 radical (unpaired) electrons. The van der Waals surface area contributed by atoms with Crippen molar-refractivity contribution in [2.45, 2.75) is 32.2 Å². The van der Waals surface area contributed by atoms with Gasteiger partial charge in [-0.15, -0.1) is 11.3 Å². The number of ether oxygens (including phenoxy) is 1. The number of hydrogen-bond acceptors (Lipinski definition) is 5. The van der Waals surface area contributed by atoms with Crippen molar-refractivity contribution in [3.8, 4) is 0 Å². The van der Waals surface area contributed by atoms with Gasteiger partial charge in [-0.2, -0.15) is 0 Å². The second kappa shape index (κ2) is 10.6. The van der Waals surface area contributed by atoms with E-state index in [2.05, 4.69) is 24.1 Å². The second-order valence-electron chi connectivity index (χ2n) is 8.98. The molecule has 32 heavy (non-hydrogen) atoms. The van der Waals surface area contributed by atoms with E-state index in [0.29, 0.717) is 24.6 Å². The SMILES string of the molecule is CC(C)CN1C(=O)c2ccccc2[C@H](C(=O)NCCCN2CCOCC2)[C@@H]1c1cccs1. The van der Waals surface area contributed by atoms with E-state index >= 15 is 0 Å². The first kappa shape index (κ1) is 23.0. The summed E-state index contributed by atoms with van der Waals surface area (Å²) in [6.45, 7) is 9.91. The van der Waals surface area contributed by atoms with Gasteiger partial charge in [-0.1, -0.05) is 38.1 Å². The molecular formula is C25H33N3O3S. The van der Waals surface area contributed by atoms with Gasteiger partial charge in [0.2, 0.25) is 5.91 Å². The van der Waals surface area contributed by atoms with Crippen LogP contribution in [-0.2, 0) is 9.53 Å². The smallest absolute Gasteiger partial charge is 0.254 e. The van der Waals surface area contributed by atoms with Crippen molar-refractivity contribution < 1.29 is 14.3 Å². The highest BCUT2D eigenvalue weighted by Gasteiger charge is 2.44. The topological polar surface area (TPSA) is 61.9 Å². The summed E-state index contributed by atoms with van der Waals surface area (Å²) in [4.78, 5) is 32.4. The average Bonchev–Trinajstić information content (AvgIpc) is 3.33. The van der Waals surface area contributed by atoms with Crippen molar-refractivity contribution >= 4 is 23.2 Å². The van der Waals surface area contributed by atoms with E-state index in [9.17, 15) is 9.59 Å². The molecule has 1 N–H and O–H groups in total. The van der Waals surface area contributed by atoms with Gasteiger partial charge in [0, 0.05) is 36.6 Å². The predicted octanol–water partition coefficient (Wildman–Crippen LogP) is 3.52. The van der Waals surface area contributed by atoms with Crippen molar-refractivity contribution in [3.63, 3.8) is 0 Å². The molecule has 0 unspecified atom stereocenters. The van der Waals surface area contributed by atoms with Gasteiger partial charge < -0.3 is 15.0 Å². The van der Waals surface area contributed by atoms with Crippen LogP contribution in [0.1, 0.15) is 53.0 Å². The Hall–Kier alpha value is -2.22. The molecule has 6 nitrogen and oxygen atoms in total. The van der Waals surface area contributed by atoms with Crippen molar-refractivity contribution in [1.82, 2.24) is 15.1 Å². The molecule has 4 rings (SSSR count). The van der Waals surface area contributed by atoms with Crippen LogP contribution >= 0.6 is 11.3 Å². The third kappa shape index (κ3) is 5.05. The number of carbonyl (C=O) groups excluding carboxylic acids is 2. The molecule has 3 heterocycles. The van der Waals surface area contributed by atoms with Crippen molar-refractivity contribution in [2.24, 2.45) is 5.92 Å². The fourth-order valence-corrected chi connectivity index (χ4v) is 5.57. The number of morpholine rings is 1. The quantitative estimate of drug-likeness (QED) is 0.619. The maximum Gasteiger partial charge on any atom is 0.254 e. The van der Waals surface area contributed by atoms with Crippen LogP contribution < -0.4 is 5.32 Å². The Kier molecular flexibility index (Phi) is 7.60. The number of rotatable bonds is 8. The summed E-state index contributed by atoms with van der Waals surface area (Å²) >= 11 is 1.61.